The Bertz CT molecular complexity index is 409. The molecular formula is C9H8Br2N2. The molecular weight excluding hydrogens is 296 g/mol. The van der Waals surface area contributed by atoms with Gasteiger partial charge in [0.2, 0.25) is 0 Å². The Morgan fingerprint density at radius 2 is 2.00 bits per heavy atom. The standard InChI is InChI=1S/C9H8Br2N2/c1-2-9-12-7-3-5(10)6(11)4-8(7)13-9/h3-4H,2H2,1H3,(H,12,13). The molecule has 13 heavy (non-hydrogen) atoms. The van der Waals surface area contributed by atoms with Crippen LogP contribution in [0.5, 0.6) is 0 Å². The van der Waals surface area contributed by atoms with E-state index in [0.717, 1.165) is 32.2 Å². The molecule has 0 unspecified atom stereocenters. The second-order valence-corrected chi connectivity index (χ2v) is 4.53. The van der Waals surface area contributed by atoms with E-state index in [9.17, 15) is 0 Å². The Hall–Kier alpha value is -0.350. The maximum absolute atomic E-state index is 4.43. The van der Waals surface area contributed by atoms with Gasteiger partial charge in [0.15, 0.2) is 0 Å². The van der Waals surface area contributed by atoms with Gasteiger partial charge in [-0.1, -0.05) is 6.92 Å². The number of fused-ring (bicyclic) bond motifs is 1. The average molecular weight is 304 g/mol. The molecule has 4 heteroatoms. The Kier molecular flexibility index (Phi) is 2.43. The van der Waals surface area contributed by atoms with Gasteiger partial charge in [0.1, 0.15) is 5.82 Å². The lowest BCUT2D eigenvalue weighted by molar-refractivity contribution is 1.00. The van der Waals surface area contributed by atoms with E-state index >= 15 is 0 Å². The molecule has 0 fully saturated rings. The second kappa shape index (κ2) is 3.42. The minimum absolute atomic E-state index is 0.934. The monoisotopic (exact) mass is 302 g/mol. The SMILES string of the molecule is CCc1nc2cc(Br)c(Br)cc2[nH]1. The molecule has 0 atom stereocenters. The van der Waals surface area contributed by atoms with Crippen LogP contribution >= 0.6 is 31.9 Å². The number of hydrogen-bond donors (Lipinski definition) is 1. The summed E-state index contributed by atoms with van der Waals surface area (Å²) >= 11 is 6.90. The van der Waals surface area contributed by atoms with Crippen molar-refractivity contribution in [2.24, 2.45) is 0 Å². The summed E-state index contributed by atoms with van der Waals surface area (Å²) in [5.74, 6) is 1.03. The second-order valence-electron chi connectivity index (χ2n) is 2.82. The largest absolute Gasteiger partial charge is 0.342 e. The van der Waals surface area contributed by atoms with Crippen LogP contribution in [0.4, 0.5) is 0 Å². The number of halogens is 2. The molecule has 0 saturated carbocycles. The van der Waals surface area contributed by atoms with Gasteiger partial charge in [-0.3, -0.25) is 0 Å². The Morgan fingerprint density at radius 3 is 2.69 bits per heavy atom. The Labute approximate surface area is 93.0 Å². The fourth-order valence-electron chi connectivity index (χ4n) is 1.23. The van der Waals surface area contributed by atoms with Crippen molar-refractivity contribution >= 4 is 42.9 Å². The lowest BCUT2D eigenvalue weighted by Gasteiger charge is -1.93. The van der Waals surface area contributed by atoms with Crippen LogP contribution in [-0.4, -0.2) is 9.97 Å². The van der Waals surface area contributed by atoms with E-state index in [4.69, 9.17) is 0 Å². The van der Waals surface area contributed by atoms with E-state index in [0.29, 0.717) is 0 Å². The predicted molar refractivity (Wildman–Crippen MR) is 60.9 cm³/mol. The highest BCUT2D eigenvalue weighted by molar-refractivity contribution is 9.13. The van der Waals surface area contributed by atoms with Crippen LogP contribution in [-0.2, 0) is 6.42 Å². The summed E-state index contributed by atoms with van der Waals surface area (Å²) in [6.07, 6.45) is 0.934. The molecule has 0 bridgehead atoms. The minimum atomic E-state index is 0.934. The molecule has 2 aromatic rings. The molecule has 1 aromatic heterocycles. The first-order valence-electron chi connectivity index (χ1n) is 4.04. The number of hydrogen-bond acceptors (Lipinski definition) is 1. The first kappa shape index (κ1) is 9.21. The lowest BCUT2D eigenvalue weighted by Crippen LogP contribution is -1.79. The first-order chi connectivity index (χ1) is 6.20. The molecule has 68 valence electrons. The maximum Gasteiger partial charge on any atom is 0.106 e. The van der Waals surface area contributed by atoms with Crippen molar-refractivity contribution < 1.29 is 0 Å². The molecule has 0 spiro atoms. The number of benzene rings is 1. The molecule has 0 saturated heterocycles. The Balaban J connectivity index is 2.70. The van der Waals surface area contributed by atoms with Crippen LogP contribution in [0, 0.1) is 0 Å². The summed E-state index contributed by atoms with van der Waals surface area (Å²) in [6.45, 7) is 2.09. The maximum atomic E-state index is 4.43. The molecule has 2 rings (SSSR count). The summed E-state index contributed by atoms with van der Waals surface area (Å²) in [5, 5.41) is 0. The van der Waals surface area contributed by atoms with Crippen molar-refractivity contribution in [3.05, 3.63) is 26.9 Å². The van der Waals surface area contributed by atoms with E-state index in [-0.39, 0.29) is 0 Å². The fourth-order valence-corrected chi connectivity index (χ4v) is 1.90. The van der Waals surface area contributed by atoms with Crippen molar-refractivity contribution in [1.82, 2.24) is 9.97 Å². The number of aromatic amines is 1. The van der Waals surface area contributed by atoms with E-state index in [1.807, 2.05) is 12.1 Å². The van der Waals surface area contributed by atoms with Gasteiger partial charge in [0.05, 0.1) is 11.0 Å². The van der Waals surface area contributed by atoms with Crippen LogP contribution in [0.15, 0.2) is 21.1 Å². The normalized spacial score (nSPS) is 11.0. The fraction of sp³-hybridized carbons (Fsp3) is 0.222. The van der Waals surface area contributed by atoms with Gasteiger partial charge in [0, 0.05) is 15.4 Å². The summed E-state index contributed by atoms with van der Waals surface area (Å²) < 4.78 is 2.08. The third kappa shape index (κ3) is 1.65. The first-order valence-corrected chi connectivity index (χ1v) is 5.63. The topological polar surface area (TPSA) is 28.7 Å². The van der Waals surface area contributed by atoms with Crippen LogP contribution in [0.2, 0.25) is 0 Å². The number of nitrogens with zero attached hydrogens (tertiary/aromatic N) is 1. The number of aromatic nitrogens is 2. The molecule has 0 aliphatic carbocycles. The third-order valence-electron chi connectivity index (χ3n) is 1.91. The van der Waals surface area contributed by atoms with Crippen LogP contribution in [0.1, 0.15) is 12.7 Å². The van der Waals surface area contributed by atoms with E-state index < -0.39 is 0 Å². The smallest absolute Gasteiger partial charge is 0.106 e. The van der Waals surface area contributed by atoms with Gasteiger partial charge >= 0.3 is 0 Å². The quantitative estimate of drug-likeness (QED) is 0.856. The van der Waals surface area contributed by atoms with Gasteiger partial charge in [-0.2, -0.15) is 0 Å². The van der Waals surface area contributed by atoms with Gasteiger partial charge in [0.25, 0.3) is 0 Å². The van der Waals surface area contributed by atoms with Crippen molar-refractivity contribution in [3.63, 3.8) is 0 Å². The van der Waals surface area contributed by atoms with E-state index in [1.165, 1.54) is 0 Å². The zero-order valence-corrected chi connectivity index (χ0v) is 10.2. The zero-order valence-electron chi connectivity index (χ0n) is 7.06. The summed E-state index contributed by atoms with van der Waals surface area (Å²) in [7, 11) is 0. The van der Waals surface area contributed by atoms with Crippen molar-refractivity contribution in [3.8, 4) is 0 Å². The highest BCUT2D eigenvalue weighted by Gasteiger charge is 2.04. The number of aryl methyl sites for hydroxylation is 1. The molecule has 0 aliphatic heterocycles. The zero-order chi connectivity index (χ0) is 9.42. The summed E-state index contributed by atoms with van der Waals surface area (Å²) in [5.41, 5.74) is 2.08. The summed E-state index contributed by atoms with van der Waals surface area (Å²) in [4.78, 5) is 7.68. The van der Waals surface area contributed by atoms with Crippen LogP contribution in [0.25, 0.3) is 11.0 Å². The molecule has 2 nitrogen and oxygen atoms in total. The Morgan fingerprint density at radius 1 is 1.31 bits per heavy atom. The number of imidazole rings is 1. The van der Waals surface area contributed by atoms with Gasteiger partial charge in [-0.15, -0.1) is 0 Å². The number of rotatable bonds is 1. The number of H-pyrrole nitrogens is 1. The van der Waals surface area contributed by atoms with Gasteiger partial charge < -0.3 is 4.98 Å². The molecule has 1 aromatic carbocycles. The average Bonchev–Trinajstić information content (AvgIpc) is 2.48. The molecule has 0 radical (unpaired) electrons. The van der Waals surface area contributed by atoms with Gasteiger partial charge in [-0.25, -0.2) is 4.98 Å². The lowest BCUT2D eigenvalue weighted by atomic mass is 10.3. The van der Waals surface area contributed by atoms with Crippen molar-refractivity contribution in [1.29, 1.82) is 0 Å². The number of nitrogens with one attached hydrogen (secondary N) is 1. The molecule has 0 amide bonds. The van der Waals surface area contributed by atoms with Crippen LogP contribution < -0.4 is 0 Å². The van der Waals surface area contributed by atoms with Crippen LogP contribution in [0.3, 0.4) is 0 Å². The highest BCUT2D eigenvalue weighted by atomic mass is 79.9. The third-order valence-corrected chi connectivity index (χ3v) is 3.75. The predicted octanol–water partition coefficient (Wildman–Crippen LogP) is 3.65. The molecule has 1 heterocycles. The van der Waals surface area contributed by atoms with Gasteiger partial charge in [-0.05, 0) is 44.0 Å². The van der Waals surface area contributed by atoms with E-state index in [2.05, 4.69) is 48.8 Å². The highest BCUT2D eigenvalue weighted by Crippen LogP contribution is 2.27. The van der Waals surface area contributed by atoms with Crippen molar-refractivity contribution in [2.45, 2.75) is 13.3 Å². The summed E-state index contributed by atoms with van der Waals surface area (Å²) in [6, 6.07) is 4.04. The minimum Gasteiger partial charge on any atom is -0.342 e. The van der Waals surface area contributed by atoms with E-state index in [1.54, 1.807) is 0 Å². The molecule has 1 N–H and O–H groups in total. The molecule has 0 aliphatic rings. The van der Waals surface area contributed by atoms with Crippen molar-refractivity contribution in [2.75, 3.05) is 0 Å².